The number of hydrogen-bond acceptors (Lipinski definition) is 3. The molecule has 0 aliphatic carbocycles. The largest absolute Gasteiger partial charge is 0.395 e. The predicted molar refractivity (Wildman–Crippen MR) is 90.4 cm³/mol. The zero-order valence-electron chi connectivity index (χ0n) is 13.2. The van der Waals surface area contributed by atoms with E-state index in [9.17, 15) is 4.79 Å². The second-order valence-electron chi connectivity index (χ2n) is 5.16. The van der Waals surface area contributed by atoms with E-state index in [2.05, 4.69) is 17.0 Å². The maximum absolute atomic E-state index is 12.1. The van der Waals surface area contributed by atoms with Gasteiger partial charge in [-0.25, -0.2) is 4.79 Å². The quantitative estimate of drug-likeness (QED) is 0.771. The molecule has 1 unspecified atom stereocenters. The third-order valence-electron chi connectivity index (χ3n) is 3.53. The van der Waals surface area contributed by atoms with Crippen molar-refractivity contribution >= 4 is 11.8 Å². The Balaban J connectivity index is 2.04. The fourth-order valence-electron chi connectivity index (χ4n) is 2.25. The molecule has 0 fully saturated rings. The van der Waals surface area contributed by atoms with E-state index in [1.54, 1.807) is 16.8 Å². The number of amides is 2. The van der Waals surface area contributed by atoms with Gasteiger partial charge in [-0.15, -0.1) is 6.58 Å². The minimum atomic E-state index is -0.309. The number of urea groups is 1. The molecule has 2 rings (SSSR count). The Bertz CT molecular complexity index is 639. The van der Waals surface area contributed by atoms with Crippen LogP contribution in [0.4, 0.5) is 10.6 Å². The van der Waals surface area contributed by atoms with E-state index in [0.717, 1.165) is 5.56 Å². The molecule has 0 spiro atoms. The Morgan fingerprint density at radius 1 is 1.43 bits per heavy atom. The van der Waals surface area contributed by atoms with E-state index < -0.39 is 0 Å². The highest BCUT2D eigenvalue weighted by atomic mass is 16.3. The van der Waals surface area contributed by atoms with Crippen LogP contribution in [0.15, 0.2) is 55.3 Å². The Hall–Kier alpha value is -2.60. The first-order chi connectivity index (χ1) is 11.2. The van der Waals surface area contributed by atoms with Gasteiger partial charge in [0.05, 0.1) is 12.6 Å². The lowest BCUT2D eigenvalue weighted by Gasteiger charge is -2.19. The molecule has 0 radical (unpaired) electrons. The molecule has 0 saturated heterocycles. The van der Waals surface area contributed by atoms with Crippen LogP contribution in [0.3, 0.4) is 0 Å². The predicted octanol–water partition coefficient (Wildman–Crippen LogP) is 2.50. The van der Waals surface area contributed by atoms with Crippen molar-refractivity contribution in [3.8, 4) is 0 Å². The number of benzene rings is 1. The highest BCUT2D eigenvalue weighted by Crippen LogP contribution is 2.18. The molecule has 2 N–H and O–H groups in total. The number of aliphatic hydroxyl groups excluding tert-OH is 1. The molecule has 1 aromatic carbocycles. The van der Waals surface area contributed by atoms with Crippen LogP contribution in [0.1, 0.15) is 18.5 Å². The van der Waals surface area contributed by atoms with Gasteiger partial charge in [0, 0.05) is 25.4 Å². The van der Waals surface area contributed by atoms with Gasteiger partial charge in [-0.05, 0) is 12.5 Å². The van der Waals surface area contributed by atoms with Gasteiger partial charge in [0.2, 0.25) is 0 Å². The number of carbonyl (C=O) groups is 1. The minimum absolute atomic E-state index is 0.0728. The van der Waals surface area contributed by atoms with Crippen LogP contribution in [0, 0.1) is 0 Å². The SMILES string of the molecule is C=CCN(CCO)C(=O)Nc1ccn(C(C)c2ccccc2)n1. The number of aliphatic hydroxyl groups is 1. The van der Waals surface area contributed by atoms with E-state index in [4.69, 9.17) is 5.11 Å². The number of anilines is 1. The summed E-state index contributed by atoms with van der Waals surface area (Å²) in [5.41, 5.74) is 1.14. The van der Waals surface area contributed by atoms with Gasteiger partial charge in [0.25, 0.3) is 0 Å². The third-order valence-corrected chi connectivity index (χ3v) is 3.53. The molecule has 0 bridgehead atoms. The smallest absolute Gasteiger partial charge is 0.323 e. The van der Waals surface area contributed by atoms with Crippen LogP contribution >= 0.6 is 0 Å². The number of carbonyl (C=O) groups excluding carboxylic acids is 1. The number of hydrogen-bond donors (Lipinski definition) is 2. The molecule has 23 heavy (non-hydrogen) atoms. The maximum Gasteiger partial charge on any atom is 0.323 e. The molecular formula is C17H22N4O2. The molecular weight excluding hydrogens is 292 g/mol. The Kier molecular flexibility index (Phi) is 5.94. The van der Waals surface area contributed by atoms with Crippen molar-refractivity contribution in [1.82, 2.24) is 14.7 Å². The van der Waals surface area contributed by atoms with Crippen LogP contribution in [0.5, 0.6) is 0 Å². The van der Waals surface area contributed by atoms with E-state index in [1.807, 2.05) is 43.5 Å². The summed E-state index contributed by atoms with van der Waals surface area (Å²) in [7, 11) is 0. The van der Waals surface area contributed by atoms with Crippen molar-refractivity contribution in [3.63, 3.8) is 0 Å². The minimum Gasteiger partial charge on any atom is -0.395 e. The zero-order chi connectivity index (χ0) is 16.7. The van der Waals surface area contributed by atoms with Gasteiger partial charge in [-0.2, -0.15) is 5.10 Å². The van der Waals surface area contributed by atoms with Crippen LogP contribution in [0.25, 0.3) is 0 Å². The lowest BCUT2D eigenvalue weighted by molar-refractivity contribution is 0.195. The van der Waals surface area contributed by atoms with Crippen molar-refractivity contribution in [3.05, 3.63) is 60.8 Å². The van der Waals surface area contributed by atoms with E-state index in [1.165, 1.54) is 4.90 Å². The molecule has 1 atom stereocenters. The van der Waals surface area contributed by atoms with Crippen molar-refractivity contribution in [2.75, 3.05) is 25.0 Å². The molecule has 2 amide bonds. The summed E-state index contributed by atoms with van der Waals surface area (Å²) in [6.07, 6.45) is 3.45. The Morgan fingerprint density at radius 2 is 2.17 bits per heavy atom. The topological polar surface area (TPSA) is 70.4 Å². The molecule has 2 aromatic rings. The van der Waals surface area contributed by atoms with Gasteiger partial charge in [-0.3, -0.25) is 10.00 Å². The second-order valence-corrected chi connectivity index (χ2v) is 5.16. The molecule has 1 heterocycles. The fraction of sp³-hybridized carbons (Fsp3) is 0.294. The molecule has 6 nitrogen and oxygen atoms in total. The number of nitrogens with zero attached hydrogens (tertiary/aromatic N) is 3. The summed E-state index contributed by atoms with van der Waals surface area (Å²) in [4.78, 5) is 13.6. The van der Waals surface area contributed by atoms with Gasteiger partial charge < -0.3 is 10.0 Å². The molecule has 0 aliphatic heterocycles. The summed E-state index contributed by atoms with van der Waals surface area (Å²) < 4.78 is 1.80. The molecule has 122 valence electrons. The number of nitrogens with one attached hydrogen (secondary N) is 1. The van der Waals surface area contributed by atoms with Crippen molar-refractivity contribution < 1.29 is 9.90 Å². The van der Waals surface area contributed by atoms with Crippen molar-refractivity contribution in [2.24, 2.45) is 0 Å². The first-order valence-corrected chi connectivity index (χ1v) is 7.53. The summed E-state index contributed by atoms with van der Waals surface area (Å²) in [6, 6.07) is 11.5. The fourth-order valence-corrected chi connectivity index (χ4v) is 2.25. The normalized spacial score (nSPS) is 11.7. The first-order valence-electron chi connectivity index (χ1n) is 7.53. The second kappa shape index (κ2) is 8.14. The van der Waals surface area contributed by atoms with Crippen LogP contribution in [0.2, 0.25) is 0 Å². The molecule has 6 heteroatoms. The number of aromatic nitrogens is 2. The highest BCUT2D eigenvalue weighted by Gasteiger charge is 2.14. The Labute approximate surface area is 136 Å². The van der Waals surface area contributed by atoms with Gasteiger partial charge in [0.1, 0.15) is 0 Å². The van der Waals surface area contributed by atoms with E-state index >= 15 is 0 Å². The molecule has 1 aromatic heterocycles. The Morgan fingerprint density at radius 3 is 2.83 bits per heavy atom. The summed E-state index contributed by atoms with van der Waals surface area (Å²) in [5.74, 6) is 0.477. The summed E-state index contributed by atoms with van der Waals surface area (Å²) in [5, 5.41) is 16.1. The highest BCUT2D eigenvalue weighted by molar-refractivity contribution is 5.88. The van der Waals surface area contributed by atoms with Gasteiger partial charge >= 0.3 is 6.03 Å². The van der Waals surface area contributed by atoms with Crippen molar-refractivity contribution in [2.45, 2.75) is 13.0 Å². The monoisotopic (exact) mass is 314 g/mol. The summed E-state index contributed by atoms with van der Waals surface area (Å²) in [6.45, 7) is 6.18. The standard InChI is InChI=1S/C17H22N4O2/c1-3-10-20(12-13-22)17(23)18-16-9-11-21(19-16)14(2)15-7-5-4-6-8-15/h3-9,11,14,22H,1,10,12-13H2,2H3,(H,18,19,23). The van der Waals surface area contributed by atoms with Crippen molar-refractivity contribution in [1.29, 1.82) is 0 Å². The lowest BCUT2D eigenvalue weighted by Crippen LogP contribution is -2.37. The zero-order valence-corrected chi connectivity index (χ0v) is 13.2. The van der Waals surface area contributed by atoms with Gasteiger partial charge in [-0.1, -0.05) is 36.4 Å². The maximum atomic E-state index is 12.1. The molecule has 0 saturated carbocycles. The van der Waals surface area contributed by atoms with Crippen LogP contribution < -0.4 is 5.32 Å². The molecule has 0 aliphatic rings. The first kappa shape index (κ1) is 16.8. The third kappa shape index (κ3) is 4.43. The number of rotatable bonds is 7. The van der Waals surface area contributed by atoms with E-state index in [-0.39, 0.29) is 25.2 Å². The lowest BCUT2D eigenvalue weighted by atomic mass is 10.1. The van der Waals surface area contributed by atoms with Gasteiger partial charge in [0.15, 0.2) is 5.82 Å². The average Bonchev–Trinajstić information content (AvgIpc) is 3.03. The van der Waals surface area contributed by atoms with Crippen LogP contribution in [-0.4, -0.2) is 45.5 Å². The summed E-state index contributed by atoms with van der Waals surface area (Å²) >= 11 is 0. The van der Waals surface area contributed by atoms with E-state index in [0.29, 0.717) is 12.4 Å². The van der Waals surface area contributed by atoms with Crippen LogP contribution in [-0.2, 0) is 0 Å². The average molecular weight is 314 g/mol.